The van der Waals surface area contributed by atoms with Gasteiger partial charge in [0, 0.05) is 6.42 Å². The Morgan fingerprint density at radius 3 is 1.91 bits per heavy atom. The minimum absolute atomic E-state index is 0.0456. The van der Waals surface area contributed by atoms with Crippen LogP contribution in [0.5, 0.6) is 0 Å². The molecule has 168 valence electrons. The standard InChI is InChI=1S/C29H29NO3/c1-29(2,3)22-15-13-19(14-16-22)17-25(28(32)33-4)30-27(31)26-23-11-7-5-9-20(23)18-21-10-6-8-12-24(21)26/h5-16,18,25H,17H2,1-4H3,(H,30,31)/t25-/m1/s1. The summed E-state index contributed by atoms with van der Waals surface area (Å²) in [6, 6.07) is 25.1. The number of hydrogen-bond donors (Lipinski definition) is 1. The maximum Gasteiger partial charge on any atom is 0.328 e. The summed E-state index contributed by atoms with van der Waals surface area (Å²) in [5, 5.41) is 6.62. The molecule has 0 bridgehead atoms. The molecule has 0 heterocycles. The smallest absolute Gasteiger partial charge is 0.328 e. The molecule has 0 spiro atoms. The second-order valence-corrected chi connectivity index (χ2v) is 9.39. The van der Waals surface area contributed by atoms with Crippen molar-refractivity contribution in [2.45, 2.75) is 38.6 Å². The molecular formula is C29H29NO3. The normalized spacial score (nSPS) is 12.5. The van der Waals surface area contributed by atoms with Crippen LogP contribution >= 0.6 is 0 Å². The van der Waals surface area contributed by atoms with Crippen LogP contribution in [0.4, 0.5) is 0 Å². The average molecular weight is 440 g/mol. The van der Waals surface area contributed by atoms with Gasteiger partial charge in [0.05, 0.1) is 12.7 Å². The van der Waals surface area contributed by atoms with Gasteiger partial charge in [0.2, 0.25) is 0 Å². The first kappa shape index (κ1) is 22.5. The summed E-state index contributed by atoms with van der Waals surface area (Å²) >= 11 is 0. The molecule has 0 aromatic heterocycles. The van der Waals surface area contributed by atoms with E-state index in [0.717, 1.165) is 27.1 Å². The molecular weight excluding hydrogens is 410 g/mol. The summed E-state index contributed by atoms with van der Waals surface area (Å²) in [4.78, 5) is 26.2. The molecule has 0 saturated carbocycles. The number of fused-ring (bicyclic) bond motifs is 2. The van der Waals surface area contributed by atoms with Gasteiger partial charge in [-0.1, -0.05) is 93.6 Å². The van der Waals surface area contributed by atoms with Gasteiger partial charge in [-0.05, 0) is 44.2 Å². The number of rotatable bonds is 5. The Morgan fingerprint density at radius 2 is 1.39 bits per heavy atom. The average Bonchev–Trinajstić information content (AvgIpc) is 2.81. The van der Waals surface area contributed by atoms with Crippen LogP contribution in [0.3, 0.4) is 0 Å². The van der Waals surface area contributed by atoms with Gasteiger partial charge >= 0.3 is 5.97 Å². The van der Waals surface area contributed by atoms with E-state index in [1.807, 2.05) is 60.7 Å². The Labute approximate surface area is 194 Å². The number of amides is 1. The van der Waals surface area contributed by atoms with Gasteiger partial charge in [-0.15, -0.1) is 0 Å². The molecule has 0 fully saturated rings. The number of carbonyl (C=O) groups excluding carboxylic acids is 2. The van der Waals surface area contributed by atoms with Crippen molar-refractivity contribution in [3.8, 4) is 0 Å². The van der Waals surface area contributed by atoms with Gasteiger partial charge in [0.25, 0.3) is 5.91 Å². The summed E-state index contributed by atoms with van der Waals surface area (Å²) in [5.74, 6) is -0.752. The van der Waals surface area contributed by atoms with Crippen molar-refractivity contribution in [1.29, 1.82) is 0 Å². The van der Waals surface area contributed by atoms with Crippen LogP contribution < -0.4 is 5.32 Å². The van der Waals surface area contributed by atoms with E-state index in [1.165, 1.54) is 12.7 Å². The van der Waals surface area contributed by atoms with Crippen molar-refractivity contribution in [2.24, 2.45) is 0 Å². The molecule has 0 radical (unpaired) electrons. The van der Waals surface area contributed by atoms with Crippen LogP contribution in [0.25, 0.3) is 21.5 Å². The van der Waals surface area contributed by atoms with Crippen molar-refractivity contribution in [2.75, 3.05) is 7.11 Å². The first-order valence-corrected chi connectivity index (χ1v) is 11.2. The molecule has 4 heteroatoms. The minimum atomic E-state index is -0.791. The first-order chi connectivity index (χ1) is 15.8. The van der Waals surface area contributed by atoms with Gasteiger partial charge in [-0.2, -0.15) is 0 Å². The van der Waals surface area contributed by atoms with Crippen LogP contribution in [0.1, 0.15) is 42.3 Å². The summed E-state index contributed by atoms with van der Waals surface area (Å²) in [6.07, 6.45) is 0.353. The Kier molecular flexibility index (Phi) is 6.19. The van der Waals surface area contributed by atoms with Crippen LogP contribution in [-0.4, -0.2) is 25.0 Å². The van der Waals surface area contributed by atoms with Gasteiger partial charge in [-0.25, -0.2) is 4.79 Å². The van der Waals surface area contributed by atoms with Crippen molar-refractivity contribution in [3.05, 3.63) is 95.6 Å². The lowest BCUT2D eigenvalue weighted by Crippen LogP contribution is -2.43. The van der Waals surface area contributed by atoms with Crippen molar-refractivity contribution < 1.29 is 14.3 Å². The maximum absolute atomic E-state index is 13.6. The highest BCUT2D eigenvalue weighted by Crippen LogP contribution is 2.29. The number of esters is 1. The number of hydrogen-bond acceptors (Lipinski definition) is 3. The zero-order valence-corrected chi connectivity index (χ0v) is 19.5. The molecule has 4 rings (SSSR count). The van der Waals surface area contributed by atoms with Crippen LogP contribution in [0.2, 0.25) is 0 Å². The van der Waals surface area contributed by atoms with E-state index in [-0.39, 0.29) is 11.3 Å². The number of methoxy groups -OCH3 is 1. The topological polar surface area (TPSA) is 55.4 Å². The lowest BCUT2D eigenvalue weighted by Gasteiger charge is -2.21. The highest BCUT2D eigenvalue weighted by atomic mass is 16.5. The van der Waals surface area contributed by atoms with Crippen LogP contribution in [0.15, 0.2) is 78.9 Å². The second-order valence-electron chi connectivity index (χ2n) is 9.39. The number of ether oxygens (including phenoxy) is 1. The predicted octanol–water partition coefficient (Wildman–Crippen LogP) is 5.80. The number of benzene rings is 4. The molecule has 0 aliphatic heterocycles. The van der Waals surface area contributed by atoms with E-state index in [0.29, 0.717) is 12.0 Å². The zero-order chi connectivity index (χ0) is 23.6. The third-order valence-electron chi connectivity index (χ3n) is 6.05. The van der Waals surface area contributed by atoms with Crippen LogP contribution in [-0.2, 0) is 21.4 Å². The molecule has 0 saturated heterocycles. The maximum atomic E-state index is 13.6. The third-order valence-corrected chi connectivity index (χ3v) is 6.05. The Bertz CT molecular complexity index is 1260. The minimum Gasteiger partial charge on any atom is -0.467 e. The molecule has 4 aromatic rings. The molecule has 4 nitrogen and oxygen atoms in total. The largest absolute Gasteiger partial charge is 0.467 e. The van der Waals surface area contributed by atoms with E-state index in [9.17, 15) is 9.59 Å². The summed E-state index contributed by atoms with van der Waals surface area (Å²) in [6.45, 7) is 6.48. The number of carbonyl (C=O) groups is 2. The fourth-order valence-corrected chi connectivity index (χ4v) is 4.20. The highest BCUT2D eigenvalue weighted by molar-refractivity contribution is 6.18. The summed E-state index contributed by atoms with van der Waals surface area (Å²) < 4.78 is 5.02. The third kappa shape index (κ3) is 4.75. The fraction of sp³-hybridized carbons (Fsp3) is 0.241. The number of nitrogens with one attached hydrogen (secondary N) is 1. The predicted molar refractivity (Wildman–Crippen MR) is 134 cm³/mol. The van der Waals surface area contributed by atoms with E-state index in [4.69, 9.17) is 4.74 Å². The molecule has 1 amide bonds. The highest BCUT2D eigenvalue weighted by Gasteiger charge is 2.25. The summed E-state index contributed by atoms with van der Waals surface area (Å²) in [5.41, 5.74) is 2.79. The van der Waals surface area contributed by atoms with Crippen LogP contribution in [0, 0.1) is 0 Å². The Hall–Kier alpha value is -3.66. The molecule has 0 aliphatic rings. The second kappa shape index (κ2) is 9.07. The summed E-state index contributed by atoms with van der Waals surface area (Å²) in [7, 11) is 1.34. The quantitative estimate of drug-likeness (QED) is 0.316. The van der Waals surface area contributed by atoms with E-state index in [1.54, 1.807) is 0 Å². The van der Waals surface area contributed by atoms with Gasteiger partial charge in [0.15, 0.2) is 0 Å². The Morgan fingerprint density at radius 1 is 0.848 bits per heavy atom. The molecule has 0 unspecified atom stereocenters. The van der Waals surface area contributed by atoms with E-state index >= 15 is 0 Å². The molecule has 0 aliphatic carbocycles. The SMILES string of the molecule is COC(=O)[C@@H](Cc1ccc(C(C)(C)C)cc1)NC(=O)c1c2ccccc2cc2ccccc12. The fourth-order valence-electron chi connectivity index (χ4n) is 4.20. The Balaban J connectivity index is 1.68. The van der Waals surface area contributed by atoms with Gasteiger partial charge in [0.1, 0.15) is 6.04 Å². The van der Waals surface area contributed by atoms with E-state index < -0.39 is 12.0 Å². The first-order valence-electron chi connectivity index (χ1n) is 11.2. The lowest BCUT2D eigenvalue weighted by molar-refractivity contribution is -0.142. The zero-order valence-electron chi connectivity index (χ0n) is 19.5. The van der Waals surface area contributed by atoms with Crippen molar-refractivity contribution in [3.63, 3.8) is 0 Å². The molecule has 4 aromatic carbocycles. The molecule has 1 atom stereocenters. The monoisotopic (exact) mass is 439 g/mol. The van der Waals surface area contributed by atoms with Gasteiger partial charge < -0.3 is 10.1 Å². The lowest BCUT2D eigenvalue weighted by atomic mass is 9.86. The van der Waals surface area contributed by atoms with Crippen molar-refractivity contribution in [1.82, 2.24) is 5.32 Å². The van der Waals surface area contributed by atoms with Crippen molar-refractivity contribution >= 4 is 33.4 Å². The van der Waals surface area contributed by atoms with E-state index in [2.05, 4.69) is 44.3 Å². The van der Waals surface area contributed by atoms with Gasteiger partial charge in [-0.3, -0.25) is 4.79 Å². The molecule has 1 N–H and O–H groups in total. The molecule has 33 heavy (non-hydrogen) atoms.